The van der Waals surface area contributed by atoms with Gasteiger partial charge in [-0.2, -0.15) is 0 Å². The molecule has 20 heavy (non-hydrogen) atoms. The van der Waals surface area contributed by atoms with Crippen molar-refractivity contribution in [2.45, 2.75) is 0 Å². The van der Waals surface area contributed by atoms with Crippen LogP contribution in [0.5, 0.6) is 11.5 Å². The first-order valence-corrected chi connectivity index (χ1v) is 6.95. The summed E-state index contributed by atoms with van der Waals surface area (Å²) in [5, 5.41) is 0.497. The van der Waals surface area contributed by atoms with Gasteiger partial charge in [0, 0.05) is 15.6 Å². The summed E-state index contributed by atoms with van der Waals surface area (Å²) in [6.45, 7) is 0. The predicted molar refractivity (Wildman–Crippen MR) is 82.1 cm³/mol. The largest absolute Gasteiger partial charge is 0.493 e. The Hall–Kier alpha value is -1.52. The normalized spacial score (nSPS) is 10.2. The van der Waals surface area contributed by atoms with E-state index >= 15 is 0 Å². The third-order valence-corrected chi connectivity index (χ3v) is 4.06. The Morgan fingerprint density at radius 1 is 1.00 bits per heavy atom. The van der Waals surface area contributed by atoms with Crippen molar-refractivity contribution in [2.75, 3.05) is 14.2 Å². The molecule has 104 valence electrons. The van der Waals surface area contributed by atoms with Crippen molar-refractivity contribution in [1.82, 2.24) is 0 Å². The average Bonchev–Trinajstić information content (AvgIpc) is 2.48. The zero-order valence-electron chi connectivity index (χ0n) is 10.9. The molecule has 0 unspecified atom stereocenters. The van der Waals surface area contributed by atoms with Crippen molar-refractivity contribution in [1.29, 1.82) is 0 Å². The molecule has 2 rings (SSSR count). The molecule has 0 N–H and O–H groups in total. The van der Waals surface area contributed by atoms with Gasteiger partial charge in [-0.05, 0) is 52.3 Å². The lowest BCUT2D eigenvalue weighted by atomic mass is 10.0. The van der Waals surface area contributed by atoms with Crippen LogP contribution in [0.3, 0.4) is 0 Å². The zero-order chi connectivity index (χ0) is 14.7. The Kier molecular flexibility index (Phi) is 4.68. The molecule has 0 bridgehead atoms. The number of carbonyl (C=O) groups excluding carboxylic acids is 1. The second-order valence-electron chi connectivity index (χ2n) is 4.03. The van der Waals surface area contributed by atoms with Crippen molar-refractivity contribution < 1.29 is 14.3 Å². The highest BCUT2D eigenvalue weighted by Crippen LogP contribution is 2.29. The van der Waals surface area contributed by atoms with E-state index in [0.717, 1.165) is 4.47 Å². The lowest BCUT2D eigenvalue weighted by molar-refractivity contribution is 0.103. The van der Waals surface area contributed by atoms with E-state index in [9.17, 15) is 4.79 Å². The van der Waals surface area contributed by atoms with Gasteiger partial charge in [-0.25, -0.2) is 0 Å². The fraction of sp³-hybridized carbons (Fsp3) is 0.133. The number of benzene rings is 2. The monoisotopic (exact) mass is 354 g/mol. The van der Waals surface area contributed by atoms with Crippen molar-refractivity contribution >= 4 is 33.3 Å². The van der Waals surface area contributed by atoms with Crippen LogP contribution < -0.4 is 9.47 Å². The summed E-state index contributed by atoms with van der Waals surface area (Å²) >= 11 is 9.30. The van der Waals surface area contributed by atoms with Gasteiger partial charge in [0.2, 0.25) is 0 Å². The topological polar surface area (TPSA) is 35.5 Å². The maximum absolute atomic E-state index is 12.4. The van der Waals surface area contributed by atoms with E-state index in [1.807, 2.05) is 0 Å². The lowest BCUT2D eigenvalue weighted by Gasteiger charge is -2.09. The van der Waals surface area contributed by atoms with Crippen molar-refractivity contribution in [2.24, 2.45) is 0 Å². The van der Waals surface area contributed by atoms with Gasteiger partial charge in [-0.3, -0.25) is 4.79 Å². The summed E-state index contributed by atoms with van der Waals surface area (Å²) in [6, 6.07) is 10.1. The van der Waals surface area contributed by atoms with E-state index in [-0.39, 0.29) is 5.78 Å². The number of ether oxygens (including phenoxy) is 2. The highest BCUT2D eigenvalue weighted by Gasteiger charge is 2.13. The maximum Gasteiger partial charge on any atom is 0.193 e. The van der Waals surface area contributed by atoms with Crippen molar-refractivity contribution in [3.63, 3.8) is 0 Å². The van der Waals surface area contributed by atoms with Crippen LogP contribution in [0.25, 0.3) is 0 Å². The second-order valence-corrected chi connectivity index (χ2v) is 5.29. The van der Waals surface area contributed by atoms with E-state index in [1.165, 1.54) is 7.11 Å². The summed E-state index contributed by atoms with van der Waals surface area (Å²) in [7, 11) is 3.08. The number of hydrogen-bond acceptors (Lipinski definition) is 3. The van der Waals surface area contributed by atoms with Crippen LogP contribution in [0, 0.1) is 0 Å². The third kappa shape index (κ3) is 2.97. The molecule has 0 saturated carbocycles. The third-order valence-electron chi connectivity index (χ3n) is 2.83. The molecule has 0 atom stereocenters. The molecule has 0 fully saturated rings. The molecule has 0 aliphatic rings. The minimum atomic E-state index is -0.125. The van der Waals surface area contributed by atoms with Crippen molar-refractivity contribution in [3.8, 4) is 11.5 Å². The molecule has 0 spiro atoms. The highest BCUT2D eigenvalue weighted by atomic mass is 79.9. The van der Waals surface area contributed by atoms with Gasteiger partial charge in [0.25, 0.3) is 0 Å². The number of carbonyl (C=O) groups is 1. The summed E-state index contributed by atoms with van der Waals surface area (Å²) in [6.07, 6.45) is 0. The summed E-state index contributed by atoms with van der Waals surface area (Å²) in [5.74, 6) is 0.972. The second kappa shape index (κ2) is 6.29. The van der Waals surface area contributed by atoms with E-state index in [2.05, 4.69) is 15.9 Å². The van der Waals surface area contributed by atoms with Gasteiger partial charge in [-0.1, -0.05) is 11.6 Å². The summed E-state index contributed by atoms with van der Waals surface area (Å²) in [4.78, 5) is 12.4. The summed E-state index contributed by atoms with van der Waals surface area (Å²) < 4.78 is 11.1. The van der Waals surface area contributed by atoms with Crippen molar-refractivity contribution in [3.05, 3.63) is 57.0 Å². The number of hydrogen-bond donors (Lipinski definition) is 0. The summed E-state index contributed by atoms with van der Waals surface area (Å²) in [5.41, 5.74) is 1.03. The van der Waals surface area contributed by atoms with E-state index in [0.29, 0.717) is 27.6 Å². The number of methoxy groups -OCH3 is 2. The first kappa shape index (κ1) is 14.9. The first-order chi connectivity index (χ1) is 9.56. The molecule has 0 amide bonds. The maximum atomic E-state index is 12.4. The molecule has 0 heterocycles. The molecule has 0 aromatic heterocycles. The molecule has 2 aromatic carbocycles. The Morgan fingerprint density at radius 3 is 2.20 bits per heavy atom. The van der Waals surface area contributed by atoms with Crippen LogP contribution in [-0.2, 0) is 0 Å². The minimum absolute atomic E-state index is 0.125. The van der Waals surface area contributed by atoms with Crippen LogP contribution in [0.4, 0.5) is 0 Å². The average molecular weight is 356 g/mol. The van der Waals surface area contributed by atoms with Crippen LogP contribution in [0.2, 0.25) is 5.02 Å². The molecular weight excluding hydrogens is 344 g/mol. The number of ketones is 1. The van der Waals surface area contributed by atoms with Crippen LogP contribution in [0.15, 0.2) is 40.9 Å². The fourth-order valence-electron chi connectivity index (χ4n) is 1.78. The van der Waals surface area contributed by atoms with Gasteiger partial charge < -0.3 is 9.47 Å². The van der Waals surface area contributed by atoms with E-state index in [4.69, 9.17) is 21.1 Å². The van der Waals surface area contributed by atoms with Gasteiger partial charge >= 0.3 is 0 Å². The SMILES string of the molecule is COc1ccc(C(=O)c2ccc(Br)c(Cl)c2)cc1OC. The smallest absolute Gasteiger partial charge is 0.193 e. The molecule has 0 radical (unpaired) electrons. The Morgan fingerprint density at radius 2 is 1.60 bits per heavy atom. The van der Waals surface area contributed by atoms with Gasteiger partial charge in [-0.15, -0.1) is 0 Å². The zero-order valence-corrected chi connectivity index (χ0v) is 13.3. The number of rotatable bonds is 4. The highest BCUT2D eigenvalue weighted by molar-refractivity contribution is 9.10. The lowest BCUT2D eigenvalue weighted by Crippen LogP contribution is -2.02. The Labute approximate surface area is 130 Å². The quantitative estimate of drug-likeness (QED) is 0.765. The molecule has 3 nitrogen and oxygen atoms in total. The van der Waals surface area contributed by atoms with E-state index < -0.39 is 0 Å². The molecule has 0 aliphatic carbocycles. The Balaban J connectivity index is 2.40. The predicted octanol–water partition coefficient (Wildman–Crippen LogP) is 4.35. The van der Waals surface area contributed by atoms with Crippen LogP contribution >= 0.6 is 27.5 Å². The van der Waals surface area contributed by atoms with Gasteiger partial charge in [0.05, 0.1) is 19.2 Å². The van der Waals surface area contributed by atoms with Gasteiger partial charge in [0.15, 0.2) is 17.3 Å². The fourth-order valence-corrected chi connectivity index (χ4v) is 2.21. The minimum Gasteiger partial charge on any atom is -0.493 e. The number of halogens is 2. The molecule has 0 aliphatic heterocycles. The molecule has 2 aromatic rings. The van der Waals surface area contributed by atoms with Gasteiger partial charge in [0.1, 0.15) is 0 Å². The van der Waals surface area contributed by atoms with E-state index in [1.54, 1.807) is 43.5 Å². The van der Waals surface area contributed by atoms with Crippen LogP contribution in [-0.4, -0.2) is 20.0 Å². The van der Waals surface area contributed by atoms with Crippen LogP contribution in [0.1, 0.15) is 15.9 Å². The molecule has 0 saturated heterocycles. The standard InChI is InChI=1S/C15H12BrClO3/c1-19-13-6-4-10(8-14(13)20-2)15(18)9-3-5-11(16)12(17)7-9/h3-8H,1-2H3. The molecule has 5 heteroatoms. The molecular formula is C15H12BrClO3. The first-order valence-electron chi connectivity index (χ1n) is 5.78. The Bertz CT molecular complexity index is 656.